The summed E-state index contributed by atoms with van der Waals surface area (Å²) >= 11 is 0. The van der Waals surface area contributed by atoms with Crippen LogP contribution < -0.4 is 5.32 Å². The fraction of sp³-hybridized carbons (Fsp3) is 0.762. The normalized spacial score (nSPS) is 24.5. The fourth-order valence-electron chi connectivity index (χ4n) is 3.78. The van der Waals surface area contributed by atoms with Gasteiger partial charge in [-0.05, 0) is 19.3 Å². The molecule has 0 spiro atoms. The molecule has 31 heavy (non-hydrogen) atoms. The van der Waals surface area contributed by atoms with Crippen molar-refractivity contribution in [3.05, 3.63) is 12.2 Å². The molecule has 0 aromatic carbocycles. The lowest BCUT2D eigenvalue weighted by Gasteiger charge is -2.40. The van der Waals surface area contributed by atoms with Crippen LogP contribution in [0.1, 0.15) is 39.0 Å². The van der Waals surface area contributed by atoms with Gasteiger partial charge in [-0.2, -0.15) is 13.2 Å². The number of aldehydes is 2. The van der Waals surface area contributed by atoms with Crippen LogP contribution in [-0.4, -0.2) is 73.7 Å². The molecule has 0 heterocycles. The number of nitrogens with zero attached hydrogens (tertiary/aromatic N) is 1. The summed E-state index contributed by atoms with van der Waals surface area (Å²) in [6, 6.07) is -0.352. The molecule has 0 aliphatic heterocycles. The maximum atomic E-state index is 13.4. The van der Waals surface area contributed by atoms with Gasteiger partial charge in [-0.1, -0.05) is 25.5 Å². The van der Waals surface area contributed by atoms with E-state index in [4.69, 9.17) is 4.74 Å². The Morgan fingerprint density at radius 2 is 1.97 bits per heavy atom. The Labute approximate surface area is 181 Å². The van der Waals surface area contributed by atoms with Crippen LogP contribution in [0.4, 0.5) is 18.0 Å². The van der Waals surface area contributed by atoms with E-state index in [-0.39, 0.29) is 18.9 Å². The van der Waals surface area contributed by atoms with Crippen LogP contribution in [0.25, 0.3) is 0 Å². The molecule has 0 fully saturated rings. The molecule has 178 valence electrons. The maximum absolute atomic E-state index is 13.4. The topological polar surface area (TPSA) is 95.9 Å². The zero-order chi connectivity index (χ0) is 23.4. The average molecular weight is 450 g/mol. The number of rotatable bonds is 13. The van der Waals surface area contributed by atoms with Gasteiger partial charge in [0.05, 0.1) is 24.7 Å². The van der Waals surface area contributed by atoms with Crippen molar-refractivity contribution in [1.29, 1.82) is 0 Å². The van der Waals surface area contributed by atoms with Crippen molar-refractivity contribution in [3.63, 3.8) is 0 Å². The molecular formula is C21H33F3N2O5. The number of unbranched alkanes of at least 4 members (excludes halogenated alkanes) is 1. The van der Waals surface area contributed by atoms with E-state index in [1.165, 1.54) is 18.0 Å². The number of nitrogens with one attached hydrogen (secondary N) is 1. The molecule has 7 nitrogen and oxygen atoms in total. The number of urea groups is 1. The molecule has 0 saturated heterocycles. The number of hydrogen-bond acceptors (Lipinski definition) is 5. The van der Waals surface area contributed by atoms with Gasteiger partial charge in [0.1, 0.15) is 12.6 Å². The molecule has 5 unspecified atom stereocenters. The van der Waals surface area contributed by atoms with Gasteiger partial charge >= 0.3 is 12.2 Å². The Kier molecular flexibility index (Phi) is 11.8. The third-order valence-corrected chi connectivity index (χ3v) is 5.49. The lowest BCUT2D eigenvalue weighted by atomic mass is 9.73. The molecular weight excluding hydrogens is 417 g/mol. The van der Waals surface area contributed by atoms with Crippen molar-refractivity contribution in [2.75, 3.05) is 26.7 Å². The summed E-state index contributed by atoms with van der Waals surface area (Å²) in [4.78, 5) is 34.0. The summed E-state index contributed by atoms with van der Waals surface area (Å²) in [6.07, 6.45) is -0.864. The molecule has 0 aromatic heterocycles. The van der Waals surface area contributed by atoms with Crippen LogP contribution >= 0.6 is 0 Å². The van der Waals surface area contributed by atoms with E-state index >= 15 is 0 Å². The molecule has 1 aliphatic carbocycles. The van der Waals surface area contributed by atoms with Crippen molar-refractivity contribution < 1.29 is 37.4 Å². The third-order valence-electron chi connectivity index (χ3n) is 5.49. The molecule has 0 saturated carbocycles. The Morgan fingerprint density at radius 1 is 1.26 bits per heavy atom. The summed E-state index contributed by atoms with van der Waals surface area (Å²) in [6.45, 7) is 2.61. The van der Waals surface area contributed by atoms with E-state index in [0.29, 0.717) is 45.1 Å². The number of alkyl halides is 3. The summed E-state index contributed by atoms with van der Waals surface area (Å²) in [5.41, 5.74) is 0. The minimum atomic E-state index is -4.58. The standard InChI is InChI=1S/C21H33F3N2O5/c1-3-6-16-18(31-14-5-4-10-25-20(30)26(2)11-13-28)8-7-15(19(16)29)17(9-12-27)21(22,23)24/h7-8,12-13,15-19,29H,3-6,9-11,14H2,1-2H3,(H,25,30). The molecule has 2 N–H and O–H groups in total. The monoisotopic (exact) mass is 450 g/mol. The SMILES string of the molecule is CCCC1C(OCCCCNC(=O)N(C)CC=O)C=CC(C(CC=O)C(F)(F)F)C1O. The van der Waals surface area contributed by atoms with E-state index in [0.717, 1.165) is 0 Å². The molecule has 1 rings (SSSR count). The van der Waals surface area contributed by atoms with Crippen LogP contribution in [0, 0.1) is 17.8 Å². The van der Waals surface area contributed by atoms with Gasteiger partial charge in [-0.15, -0.1) is 0 Å². The smallest absolute Gasteiger partial charge is 0.392 e. The predicted octanol–water partition coefficient (Wildman–Crippen LogP) is 2.72. The lowest BCUT2D eigenvalue weighted by Crippen LogP contribution is -2.46. The Hall–Kier alpha value is -1.94. The minimum Gasteiger partial charge on any atom is -0.392 e. The molecule has 10 heteroatoms. The number of amides is 2. The first-order valence-electron chi connectivity index (χ1n) is 10.6. The molecule has 2 amide bonds. The first-order valence-corrected chi connectivity index (χ1v) is 10.6. The van der Waals surface area contributed by atoms with Crippen LogP contribution in [0.5, 0.6) is 0 Å². The summed E-state index contributed by atoms with van der Waals surface area (Å²) in [5.74, 6) is -3.59. The van der Waals surface area contributed by atoms with Gasteiger partial charge < -0.3 is 29.6 Å². The molecule has 0 bridgehead atoms. The summed E-state index contributed by atoms with van der Waals surface area (Å²) in [5, 5.41) is 13.3. The number of ether oxygens (including phenoxy) is 1. The highest BCUT2D eigenvalue weighted by molar-refractivity contribution is 5.76. The molecule has 1 aliphatic rings. The third kappa shape index (κ3) is 8.60. The van der Waals surface area contributed by atoms with Crippen molar-refractivity contribution in [3.8, 4) is 0 Å². The Balaban J connectivity index is 2.59. The van der Waals surface area contributed by atoms with Crippen molar-refractivity contribution in [1.82, 2.24) is 10.2 Å². The zero-order valence-corrected chi connectivity index (χ0v) is 18.0. The van der Waals surface area contributed by atoms with Crippen LogP contribution in [-0.2, 0) is 14.3 Å². The van der Waals surface area contributed by atoms with Gasteiger partial charge in [-0.25, -0.2) is 4.79 Å². The van der Waals surface area contributed by atoms with Crippen LogP contribution in [0.15, 0.2) is 12.2 Å². The predicted molar refractivity (Wildman–Crippen MR) is 108 cm³/mol. The van der Waals surface area contributed by atoms with Gasteiger partial charge in [0, 0.05) is 38.5 Å². The first-order chi connectivity index (χ1) is 14.7. The highest BCUT2D eigenvalue weighted by atomic mass is 19.4. The lowest BCUT2D eigenvalue weighted by molar-refractivity contribution is -0.200. The number of aliphatic hydroxyl groups is 1. The van der Waals surface area contributed by atoms with E-state index < -0.39 is 42.6 Å². The van der Waals surface area contributed by atoms with Crippen LogP contribution in [0.2, 0.25) is 0 Å². The van der Waals surface area contributed by atoms with E-state index in [9.17, 15) is 32.7 Å². The molecule has 0 aromatic rings. The average Bonchev–Trinajstić information content (AvgIpc) is 2.70. The van der Waals surface area contributed by atoms with Gasteiger partial charge in [0.2, 0.25) is 0 Å². The summed E-state index contributed by atoms with van der Waals surface area (Å²) < 4.78 is 45.9. The number of aliphatic hydroxyl groups excluding tert-OH is 1. The van der Waals surface area contributed by atoms with Crippen molar-refractivity contribution >= 4 is 18.6 Å². The van der Waals surface area contributed by atoms with E-state index in [1.54, 1.807) is 6.08 Å². The summed E-state index contributed by atoms with van der Waals surface area (Å²) in [7, 11) is 1.51. The zero-order valence-electron chi connectivity index (χ0n) is 18.0. The second-order valence-corrected chi connectivity index (χ2v) is 7.78. The molecule has 0 radical (unpaired) electrons. The second-order valence-electron chi connectivity index (χ2n) is 7.78. The number of halogens is 3. The Morgan fingerprint density at radius 3 is 2.55 bits per heavy atom. The van der Waals surface area contributed by atoms with Crippen molar-refractivity contribution in [2.24, 2.45) is 17.8 Å². The molecule has 5 atom stereocenters. The van der Waals surface area contributed by atoms with Crippen molar-refractivity contribution in [2.45, 2.75) is 57.4 Å². The highest BCUT2D eigenvalue weighted by Gasteiger charge is 2.49. The number of carbonyl (C=O) groups excluding carboxylic acids is 3. The van der Waals surface area contributed by atoms with Crippen LogP contribution in [0.3, 0.4) is 0 Å². The number of hydrogen-bond donors (Lipinski definition) is 2. The minimum absolute atomic E-state index is 0.00708. The maximum Gasteiger partial charge on any atom is 0.392 e. The first kappa shape index (κ1) is 27.1. The number of carbonyl (C=O) groups is 3. The van der Waals surface area contributed by atoms with E-state index in [1.807, 2.05) is 6.92 Å². The fourth-order valence-corrected chi connectivity index (χ4v) is 3.78. The highest BCUT2D eigenvalue weighted by Crippen LogP contribution is 2.42. The van der Waals surface area contributed by atoms with Gasteiger partial charge in [-0.3, -0.25) is 0 Å². The quantitative estimate of drug-likeness (QED) is 0.256. The largest absolute Gasteiger partial charge is 0.392 e. The van der Waals surface area contributed by atoms with Gasteiger partial charge in [0.15, 0.2) is 0 Å². The second kappa shape index (κ2) is 13.5. The van der Waals surface area contributed by atoms with Gasteiger partial charge in [0.25, 0.3) is 0 Å². The number of likely N-dealkylation sites (N-methyl/N-ethyl adjacent to an activating group) is 1. The van der Waals surface area contributed by atoms with E-state index in [2.05, 4.69) is 5.32 Å². The Bertz CT molecular complexity index is 600.